The van der Waals surface area contributed by atoms with Gasteiger partial charge in [0.1, 0.15) is 0 Å². The van der Waals surface area contributed by atoms with Crippen molar-refractivity contribution >= 4 is 0 Å². The maximum Gasteiger partial charge on any atom is 0.0135 e. The number of rotatable bonds is 2. The Hall–Kier alpha value is -0.0800. The van der Waals surface area contributed by atoms with E-state index in [0.29, 0.717) is 10.8 Å². The molecule has 0 amide bonds. The molecular formula is C36H62N2. The fraction of sp³-hybridized carbons (Fsp3) is 1.00. The van der Waals surface area contributed by atoms with Crippen molar-refractivity contribution in [1.29, 1.82) is 0 Å². The van der Waals surface area contributed by atoms with Crippen LogP contribution in [0.1, 0.15) is 150 Å². The number of hydrogen-bond acceptors (Lipinski definition) is 2. The minimum absolute atomic E-state index is 0.545. The van der Waals surface area contributed by atoms with E-state index in [4.69, 9.17) is 0 Å². The second-order valence-electron chi connectivity index (χ2n) is 17.0. The van der Waals surface area contributed by atoms with Crippen LogP contribution in [0.25, 0.3) is 0 Å². The Labute approximate surface area is 236 Å². The normalized spacial score (nSPS) is 50.7. The zero-order chi connectivity index (χ0) is 26.1. The van der Waals surface area contributed by atoms with Crippen LogP contribution in [0.5, 0.6) is 0 Å². The SMILES string of the molecule is CC1(C)C2CCCCC2NC2CCC(C3CCC(N4C5CCCCC5C(C)(C)C5CCCCC54)CC3)CC21. The number of fused-ring (bicyclic) bond motifs is 4. The number of likely N-dealkylation sites (tertiary alicyclic amines) is 1. The first-order valence-electron chi connectivity index (χ1n) is 17.9. The summed E-state index contributed by atoms with van der Waals surface area (Å²) in [7, 11) is 0. The van der Waals surface area contributed by atoms with Crippen LogP contribution in [0, 0.1) is 46.3 Å². The maximum atomic E-state index is 4.24. The lowest BCUT2D eigenvalue weighted by atomic mass is 9.52. The van der Waals surface area contributed by atoms with E-state index in [1.807, 2.05) is 0 Å². The van der Waals surface area contributed by atoms with Crippen molar-refractivity contribution in [2.24, 2.45) is 46.3 Å². The Morgan fingerprint density at radius 3 is 1.63 bits per heavy atom. The van der Waals surface area contributed by atoms with Gasteiger partial charge < -0.3 is 5.32 Å². The van der Waals surface area contributed by atoms with E-state index in [1.54, 1.807) is 12.8 Å². The van der Waals surface area contributed by atoms with Crippen LogP contribution in [0.3, 0.4) is 0 Å². The molecule has 0 spiro atoms. The molecule has 2 aliphatic heterocycles. The van der Waals surface area contributed by atoms with Crippen LogP contribution in [0.15, 0.2) is 0 Å². The summed E-state index contributed by atoms with van der Waals surface area (Å²) in [5.74, 6) is 5.83. The number of nitrogens with one attached hydrogen (secondary N) is 1. The third kappa shape index (κ3) is 4.39. The third-order valence-electron chi connectivity index (χ3n) is 15.0. The molecule has 38 heavy (non-hydrogen) atoms. The lowest BCUT2D eigenvalue weighted by molar-refractivity contribution is -0.143. The molecule has 5 aliphatic carbocycles. The standard InChI is InChI=1S/C36H62N2/c1-35(2)27-11-5-8-14-31(27)37-32-22-19-25(23-30(32)35)24-17-20-26(21-18-24)38-33-15-9-6-12-28(33)36(3,4)29-13-7-10-16-34(29)38/h24-34,37H,5-23H2,1-4H3. The Morgan fingerprint density at radius 1 is 0.474 bits per heavy atom. The lowest BCUT2D eigenvalue weighted by Gasteiger charge is -2.64. The molecule has 0 aromatic carbocycles. The van der Waals surface area contributed by atoms with Gasteiger partial charge in [-0.2, -0.15) is 0 Å². The molecule has 7 rings (SSSR count). The summed E-state index contributed by atoms with van der Waals surface area (Å²) in [6.07, 6.45) is 28.6. The summed E-state index contributed by atoms with van der Waals surface area (Å²) < 4.78 is 0. The zero-order valence-corrected chi connectivity index (χ0v) is 25.7. The second-order valence-corrected chi connectivity index (χ2v) is 17.0. The van der Waals surface area contributed by atoms with E-state index >= 15 is 0 Å². The number of piperidine rings is 2. The summed E-state index contributed by atoms with van der Waals surface area (Å²) >= 11 is 0. The van der Waals surface area contributed by atoms with E-state index < -0.39 is 0 Å². The Balaban J connectivity index is 1.03. The quantitative estimate of drug-likeness (QED) is 0.389. The van der Waals surface area contributed by atoms with Gasteiger partial charge in [-0.1, -0.05) is 66.2 Å². The number of nitrogens with zero attached hydrogens (tertiary/aromatic N) is 1. The molecule has 2 heterocycles. The molecule has 5 saturated carbocycles. The smallest absolute Gasteiger partial charge is 0.0135 e. The van der Waals surface area contributed by atoms with E-state index in [1.165, 1.54) is 109 Å². The summed E-state index contributed by atoms with van der Waals surface area (Å²) in [6.45, 7) is 10.8. The van der Waals surface area contributed by atoms with Crippen LogP contribution in [-0.4, -0.2) is 35.1 Å². The van der Waals surface area contributed by atoms with Gasteiger partial charge in [-0.25, -0.2) is 0 Å². The zero-order valence-electron chi connectivity index (χ0n) is 25.7. The summed E-state index contributed by atoms with van der Waals surface area (Å²) in [4.78, 5) is 3.27. The average molecular weight is 523 g/mol. The first kappa shape index (κ1) is 26.8. The van der Waals surface area contributed by atoms with Gasteiger partial charge in [0.25, 0.3) is 0 Å². The van der Waals surface area contributed by atoms with Crippen molar-refractivity contribution in [2.75, 3.05) is 0 Å². The van der Waals surface area contributed by atoms with Crippen LogP contribution >= 0.6 is 0 Å². The van der Waals surface area contributed by atoms with Gasteiger partial charge in [0.15, 0.2) is 0 Å². The van der Waals surface area contributed by atoms with Gasteiger partial charge in [-0.3, -0.25) is 4.90 Å². The second kappa shape index (κ2) is 10.3. The molecule has 0 bridgehead atoms. The molecule has 7 aliphatic rings. The minimum Gasteiger partial charge on any atom is -0.311 e. The van der Waals surface area contributed by atoms with Crippen molar-refractivity contribution in [2.45, 2.75) is 180 Å². The molecular weight excluding hydrogens is 460 g/mol. The monoisotopic (exact) mass is 522 g/mol. The van der Waals surface area contributed by atoms with Crippen molar-refractivity contribution in [3.8, 4) is 0 Å². The Morgan fingerprint density at radius 2 is 0.974 bits per heavy atom. The van der Waals surface area contributed by atoms with E-state index in [9.17, 15) is 0 Å². The molecule has 0 aromatic rings. The fourth-order valence-electron chi connectivity index (χ4n) is 13.0. The van der Waals surface area contributed by atoms with Crippen LogP contribution in [0.4, 0.5) is 0 Å². The largest absolute Gasteiger partial charge is 0.311 e. The highest BCUT2D eigenvalue weighted by Crippen LogP contribution is 2.58. The van der Waals surface area contributed by atoms with Crippen molar-refractivity contribution in [3.63, 3.8) is 0 Å². The van der Waals surface area contributed by atoms with Gasteiger partial charge in [0, 0.05) is 30.2 Å². The van der Waals surface area contributed by atoms with Crippen molar-refractivity contribution in [3.05, 3.63) is 0 Å². The predicted molar refractivity (Wildman–Crippen MR) is 160 cm³/mol. The summed E-state index contributed by atoms with van der Waals surface area (Å²) in [5.41, 5.74) is 1.12. The highest BCUT2D eigenvalue weighted by molar-refractivity contribution is 5.09. The lowest BCUT2D eigenvalue weighted by Crippen LogP contribution is -2.66. The molecule has 2 saturated heterocycles. The third-order valence-corrected chi connectivity index (χ3v) is 15.0. The van der Waals surface area contributed by atoms with Crippen LogP contribution < -0.4 is 5.32 Å². The Kier molecular flexibility index (Phi) is 7.28. The van der Waals surface area contributed by atoms with Crippen LogP contribution in [0.2, 0.25) is 0 Å². The van der Waals surface area contributed by atoms with Gasteiger partial charge in [0.05, 0.1) is 0 Å². The average Bonchev–Trinajstić information content (AvgIpc) is 2.94. The maximum absolute atomic E-state index is 4.24. The van der Waals surface area contributed by atoms with Gasteiger partial charge >= 0.3 is 0 Å². The Bertz CT molecular complexity index is 797. The molecule has 7 fully saturated rings. The first-order valence-corrected chi connectivity index (χ1v) is 17.9. The van der Waals surface area contributed by atoms with Gasteiger partial charge in [0.2, 0.25) is 0 Å². The topological polar surface area (TPSA) is 15.3 Å². The van der Waals surface area contributed by atoms with Crippen molar-refractivity contribution < 1.29 is 0 Å². The molecule has 216 valence electrons. The molecule has 0 aromatic heterocycles. The fourth-order valence-corrected chi connectivity index (χ4v) is 13.0. The van der Waals surface area contributed by atoms with Crippen LogP contribution in [-0.2, 0) is 0 Å². The highest BCUT2D eigenvalue weighted by atomic mass is 15.2. The summed E-state index contributed by atoms with van der Waals surface area (Å²) in [6, 6.07) is 4.37. The molecule has 2 heteroatoms. The molecule has 0 radical (unpaired) electrons. The van der Waals surface area contributed by atoms with Crippen molar-refractivity contribution in [1.82, 2.24) is 10.2 Å². The van der Waals surface area contributed by atoms with Gasteiger partial charge in [-0.05, 0) is 130 Å². The van der Waals surface area contributed by atoms with E-state index in [-0.39, 0.29) is 0 Å². The first-order chi connectivity index (χ1) is 18.4. The predicted octanol–water partition coefficient (Wildman–Crippen LogP) is 8.98. The van der Waals surface area contributed by atoms with Gasteiger partial charge in [-0.15, -0.1) is 0 Å². The highest BCUT2D eigenvalue weighted by Gasteiger charge is 2.56. The molecule has 2 nitrogen and oxygen atoms in total. The van der Waals surface area contributed by atoms with E-state index in [0.717, 1.165) is 65.7 Å². The molecule has 9 unspecified atom stereocenters. The number of hydrogen-bond donors (Lipinski definition) is 1. The minimum atomic E-state index is 0.545. The molecule has 9 atom stereocenters. The van der Waals surface area contributed by atoms with E-state index in [2.05, 4.69) is 37.9 Å². The summed E-state index contributed by atoms with van der Waals surface area (Å²) in [5, 5.41) is 4.24. The molecule has 1 N–H and O–H groups in total.